The molecular weight excluding hydrogens is 597 g/mol. The molecule has 13 heteroatoms. The van der Waals surface area contributed by atoms with E-state index in [1.165, 1.54) is 46.8 Å². The summed E-state index contributed by atoms with van der Waals surface area (Å²) in [5, 5.41) is 3.05. The summed E-state index contributed by atoms with van der Waals surface area (Å²) in [6.45, 7) is 2.56. The zero-order valence-corrected chi connectivity index (χ0v) is 24.9. The minimum absolute atomic E-state index is 0.0236. The van der Waals surface area contributed by atoms with E-state index >= 15 is 0 Å². The highest BCUT2D eigenvalue weighted by Gasteiger charge is 2.28. The van der Waals surface area contributed by atoms with Crippen LogP contribution in [0, 0.1) is 6.92 Å². The first-order valence-corrected chi connectivity index (χ1v) is 16.2. The molecular formula is C27H29Cl2N3O6S2. The quantitative estimate of drug-likeness (QED) is 0.314. The highest BCUT2D eigenvalue weighted by Crippen LogP contribution is 2.30. The van der Waals surface area contributed by atoms with Gasteiger partial charge in [0.25, 0.3) is 10.0 Å². The Hall–Kier alpha value is -2.83. The standard InChI is InChI=1S/C27H29Cl2N3O6S2/c1-20-4-9-24(10-5-20)40(36,37)32(21-6-13-25(28)26(29)18-21)19-27(33)30-14-17-38-22-7-11-23(12-8-22)39(34,35)31-15-2-3-16-31/h4-13,18H,2-3,14-17,19H2,1H3,(H,30,33). The Kier molecular flexibility index (Phi) is 9.63. The summed E-state index contributed by atoms with van der Waals surface area (Å²) in [5.41, 5.74) is 1.07. The van der Waals surface area contributed by atoms with Crippen LogP contribution >= 0.6 is 23.2 Å². The molecule has 214 valence electrons. The third kappa shape index (κ3) is 7.08. The summed E-state index contributed by atoms with van der Waals surface area (Å²) in [7, 11) is -7.62. The molecule has 1 aliphatic heterocycles. The van der Waals surface area contributed by atoms with Crippen LogP contribution < -0.4 is 14.4 Å². The number of nitrogens with one attached hydrogen (secondary N) is 1. The van der Waals surface area contributed by atoms with Gasteiger partial charge in [0.15, 0.2) is 0 Å². The molecule has 1 N–H and O–H groups in total. The van der Waals surface area contributed by atoms with Gasteiger partial charge in [0.2, 0.25) is 15.9 Å². The number of anilines is 1. The maximum atomic E-state index is 13.5. The van der Waals surface area contributed by atoms with Gasteiger partial charge in [-0.1, -0.05) is 40.9 Å². The van der Waals surface area contributed by atoms with E-state index in [1.54, 1.807) is 24.3 Å². The fourth-order valence-corrected chi connectivity index (χ4v) is 7.35. The average Bonchev–Trinajstić information content (AvgIpc) is 3.48. The van der Waals surface area contributed by atoms with Crippen molar-refractivity contribution in [2.24, 2.45) is 0 Å². The lowest BCUT2D eigenvalue weighted by molar-refractivity contribution is -0.119. The molecule has 0 saturated carbocycles. The Morgan fingerprint density at radius 1 is 0.900 bits per heavy atom. The summed E-state index contributed by atoms with van der Waals surface area (Å²) in [6.07, 6.45) is 1.71. The Morgan fingerprint density at radius 2 is 1.52 bits per heavy atom. The van der Waals surface area contributed by atoms with E-state index in [2.05, 4.69) is 5.32 Å². The molecule has 1 heterocycles. The van der Waals surface area contributed by atoms with Gasteiger partial charge in [0, 0.05) is 13.1 Å². The van der Waals surface area contributed by atoms with Gasteiger partial charge < -0.3 is 10.1 Å². The number of ether oxygens (including phenoxy) is 1. The lowest BCUT2D eigenvalue weighted by atomic mass is 10.2. The minimum Gasteiger partial charge on any atom is -0.492 e. The number of halogens is 2. The van der Waals surface area contributed by atoms with Crippen LogP contribution in [0.3, 0.4) is 0 Å². The minimum atomic E-state index is -4.10. The van der Waals surface area contributed by atoms with Gasteiger partial charge in [0.1, 0.15) is 18.9 Å². The maximum Gasteiger partial charge on any atom is 0.264 e. The molecule has 3 aromatic rings. The number of aryl methyl sites for hydroxylation is 1. The van der Waals surface area contributed by atoms with Crippen LogP contribution in [0.25, 0.3) is 0 Å². The summed E-state index contributed by atoms with van der Waals surface area (Å²) in [4.78, 5) is 13.0. The third-order valence-corrected chi connectivity index (χ3v) is 10.7. The number of carbonyl (C=O) groups excluding carboxylic acids is 1. The van der Waals surface area contributed by atoms with Crippen LogP contribution in [-0.2, 0) is 24.8 Å². The number of carbonyl (C=O) groups is 1. The van der Waals surface area contributed by atoms with Crippen LogP contribution in [0.4, 0.5) is 5.69 Å². The normalized spacial score (nSPS) is 14.2. The van der Waals surface area contributed by atoms with Crippen molar-refractivity contribution in [3.05, 3.63) is 82.3 Å². The van der Waals surface area contributed by atoms with Crippen LogP contribution in [0.5, 0.6) is 5.75 Å². The number of amides is 1. The molecule has 0 unspecified atom stereocenters. The lowest BCUT2D eigenvalue weighted by Crippen LogP contribution is -2.42. The summed E-state index contributed by atoms with van der Waals surface area (Å²) in [5.74, 6) is -0.119. The average molecular weight is 627 g/mol. The Morgan fingerprint density at radius 3 is 2.15 bits per heavy atom. The highest BCUT2D eigenvalue weighted by molar-refractivity contribution is 7.92. The molecule has 4 rings (SSSR count). The van der Waals surface area contributed by atoms with Gasteiger partial charge in [0.05, 0.1) is 32.1 Å². The van der Waals surface area contributed by atoms with Gasteiger partial charge in [-0.15, -0.1) is 0 Å². The van der Waals surface area contributed by atoms with Gasteiger partial charge in [-0.05, 0) is 74.4 Å². The Bertz CT molecular complexity index is 1560. The van der Waals surface area contributed by atoms with Gasteiger partial charge in [-0.2, -0.15) is 4.31 Å². The molecule has 0 bridgehead atoms. The van der Waals surface area contributed by atoms with Crippen LogP contribution in [0.15, 0.2) is 76.5 Å². The second kappa shape index (κ2) is 12.8. The zero-order chi connectivity index (χ0) is 28.9. The maximum absolute atomic E-state index is 13.5. The third-order valence-electron chi connectivity index (χ3n) is 6.31. The second-order valence-electron chi connectivity index (χ2n) is 9.20. The Labute approximate surface area is 244 Å². The number of benzene rings is 3. The molecule has 0 aromatic heterocycles. The largest absolute Gasteiger partial charge is 0.492 e. The number of hydrogen-bond donors (Lipinski definition) is 1. The topological polar surface area (TPSA) is 113 Å². The van der Waals surface area contributed by atoms with Crippen molar-refractivity contribution in [1.29, 1.82) is 0 Å². The van der Waals surface area contributed by atoms with E-state index in [-0.39, 0.29) is 38.7 Å². The molecule has 3 aromatic carbocycles. The van der Waals surface area contributed by atoms with Crippen LogP contribution in [0.1, 0.15) is 18.4 Å². The smallest absolute Gasteiger partial charge is 0.264 e. The predicted octanol–water partition coefficient (Wildman–Crippen LogP) is 4.48. The lowest BCUT2D eigenvalue weighted by Gasteiger charge is -2.24. The van der Waals surface area contributed by atoms with Crippen molar-refractivity contribution < 1.29 is 26.4 Å². The van der Waals surface area contributed by atoms with E-state index in [0.29, 0.717) is 18.8 Å². The van der Waals surface area contributed by atoms with E-state index in [9.17, 15) is 21.6 Å². The monoisotopic (exact) mass is 625 g/mol. The molecule has 9 nitrogen and oxygen atoms in total. The first-order valence-electron chi connectivity index (χ1n) is 12.5. The number of hydrogen-bond acceptors (Lipinski definition) is 6. The molecule has 0 spiro atoms. The fourth-order valence-electron chi connectivity index (χ4n) is 4.12. The SMILES string of the molecule is Cc1ccc(S(=O)(=O)N(CC(=O)NCCOc2ccc(S(=O)(=O)N3CCCC3)cc2)c2ccc(Cl)c(Cl)c2)cc1. The molecule has 1 amide bonds. The van der Waals surface area contributed by atoms with E-state index < -0.39 is 32.5 Å². The molecule has 0 radical (unpaired) electrons. The number of nitrogens with zero attached hydrogens (tertiary/aromatic N) is 2. The van der Waals surface area contributed by atoms with Gasteiger partial charge in [-0.3, -0.25) is 9.10 Å². The molecule has 0 aliphatic carbocycles. The molecule has 40 heavy (non-hydrogen) atoms. The van der Waals surface area contributed by atoms with Crippen molar-refractivity contribution in [3.63, 3.8) is 0 Å². The van der Waals surface area contributed by atoms with E-state index in [4.69, 9.17) is 27.9 Å². The van der Waals surface area contributed by atoms with Crippen molar-refractivity contribution in [2.75, 3.05) is 37.1 Å². The summed E-state index contributed by atoms with van der Waals surface area (Å²) >= 11 is 12.1. The van der Waals surface area contributed by atoms with Gasteiger partial charge in [-0.25, -0.2) is 16.8 Å². The first-order chi connectivity index (χ1) is 19.0. The zero-order valence-electron chi connectivity index (χ0n) is 21.7. The highest BCUT2D eigenvalue weighted by atomic mass is 35.5. The van der Waals surface area contributed by atoms with Crippen molar-refractivity contribution in [2.45, 2.75) is 29.6 Å². The molecule has 1 aliphatic rings. The molecule has 0 atom stereocenters. The Balaban J connectivity index is 1.38. The molecule has 1 saturated heterocycles. The van der Waals surface area contributed by atoms with Crippen molar-refractivity contribution in [1.82, 2.24) is 9.62 Å². The molecule has 1 fully saturated rings. The summed E-state index contributed by atoms with van der Waals surface area (Å²) < 4.78 is 60.3. The first kappa shape index (κ1) is 30.1. The van der Waals surface area contributed by atoms with Crippen molar-refractivity contribution >= 4 is 54.8 Å². The van der Waals surface area contributed by atoms with E-state index in [0.717, 1.165) is 22.7 Å². The predicted molar refractivity (Wildman–Crippen MR) is 155 cm³/mol. The van der Waals surface area contributed by atoms with Crippen LogP contribution in [0.2, 0.25) is 10.0 Å². The fraction of sp³-hybridized carbons (Fsp3) is 0.296. The van der Waals surface area contributed by atoms with Crippen molar-refractivity contribution in [3.8, 4) is 5.75 Å². The number of sulfonamides is 2. The summed E-state index contributed by atoms with van der Waals surface area (Å²) in [6, 6.07) is 16.7. The van der Waals surface area contributed by atoms with E-state index in [1.807, 2.05) is 6.92 Å². The number of rotatable bonds is 11. The van der Waals surface area contributed by atoms with Crippen LogP contribution in [-0.4, -0.2) is 59.8 Å². The van der Waals surface area contributed by atoms with Gasteiger partial charge >= 0.3 is 0 Å². The second-order valence-corrected chi connectivity index (χ2v) is 13.8.